The Balaban J connectivity index is 2.69. The zero-order chi connectivity index (χ0) is 11.2. The third kappa shape index (κ3) is 1.29. The maximum atomic E-state index is 13.5. The molecule has 0 saturated carbocycles. The van der Waals surface area contributed by atoms with Gasteiger partial charge in [-0.05, 0) is 0 Å². The number of hydrogen-bond donors (Lipinski definition) is 2. The number of carboxylic acid groups (broad SMARTS) is 1. The second-order valence-corrected chi connectivity index (χ2v) is 3.28. The van der Waals surface area contributed by atoms with E-state index in [4.69, 9.17) is 5.11 Å². The Labute approximate surface area is 84.1 Å². The topological polar surface area (TPSA) is 52.6 Å². The van der Waals surface area contributed by atoms with Gasteiger partial charge in [0.05, 0.1) is 18.0 Å². The van der Waals surface area contributed by atoms with Crippen LogP contribution in [0.4, 0.5) is 20.2 Å². The fourth-order valence-corrected chi connectivity index (χ4v) is 1.55. The van der Waals surface area contributed by atoms with Gasteiger partial charge in [0.2, 0.25) is 0 Å². The molecule has 1 heterocycles. The van der Waals surface area contributed by atoms with Gasteiger partial charge in [-0.15, -0.1) is 0 Å². The highest BCUT2D eigenvalue weighted by atomic mass is 19.1. The number of fused-ring (bicyclic) bond motifs is 1. The van der Waals surface area contributed by atoms with Gasteiger partial charge in [0, 0.05) is 13.1 Å². The Morgan fingerprint density at radius 3 is 2.87 bits per heavy atom. The van der Waals surface area contributed by atoms with E-state index in [2.05, 4.69) is 5.32 Å². The molecule has 15 heavy (non-hydrogen) atoms. The van der Waals surface area contributed by atoms with Gasteiger partial charge >= 0.3 is 5.97 Å². The molecule has 0 saturated heterocycles. The van der Waals surface area contributed by atoms with Crippen LogP contribution in [0.15, 0.2) is 6.07 Å². The molecule has 1 aromatic carbocycles. The molecular formula is C9H8F2N2O2. The molecule has 0 aromatic heterocycles. The standard InChI is InChI=1S/C9H8F2N2O2/c1-13-3-12-8-5(13)2-4(10)6(7(8)11)9(14)15/h2,12H,3H2,1H3,(H,14,15). The van der Waals surface area contributed by atoms with Crippen LogP contribution in [0.1, 0.15) is 10.4 Å². The molecule has 0 fully saturated rings. The molecule has 80 valence electrons. The van der Waals surface area contributed by atoms with E-state index in [-0.39, 0.29) is 5.69 Å². The lowest BCUT2D eigenvalue weighted by Crippen LogP contribution is -2.15. The third-order valence-electron chi connectivity index (χ3n) is 2.32. The minimum Gasteiger partial charge on any atom is -0.477 e. The quantitative estimate of drug-likeness (QED) is 0.743. The predicted octanol–water partition coefficient (Wildman–Crippen LogP) is 1.48. The Kier molecular flexibility index (Phi) is 1.99. The van der Waals surface area contributed by atoms with Crippen molar-refractivity contribution < 1.29 is 18.7 Å². The predicted molar refractivity (Wildman–Crippen MR) is 50.2 cm³/mol. The second kappa shape index (κ2) is 3.08. The van der Waals surface area contributed by atoms with E-state index in [9.17, 15) is 13.6 Å². The minimum absolute atomic E-state index is 0.0382. The maximum absolute atomic E-state index is 13.5. The highest BCUT2D eigenvalue weighted by molar-refractivity contribution is 5.92. The zero-order valence-electron chi connectivity index (χ0n) is 7.84. The van der Waals surface area contributed by atoms with Gasteiger partial charge in [-0.3, -0.25) is 0 Å². The maximum Gasteiger partial charge on any atom is 0.341 e. The van der Waals surface area contributed by atoms with E-state index in [1.807, 2.05) is 0 Å². The van der Waals surface area contributed by atoms with Crippen molar-refractivity contribution in [1.29, 1.82) is 0 Å². The highest BCUT2D eigenvalue weighted by Crippen LogP contribution is 2.35. The van der Waals surface area contributed by atoms with Gasteiger partial charge in [-0.1, -0.05) is 0 Å². The molecule has 6 heteroatoms. The van der Waals surface area contributed by atoms with Gasteiger partial charge in [0.25, 0.3) is 0 Å². The first kappa shape index (κ1) is 9.70. The molecule has 2 rings (SSSR count). The van der Waals surface area contributed by atoms with Crippen LogP contribution in [0, 0.1) is 11.6 Å². The summed E-state index contributed by atoms with van der Waals surface area (Å²) < 4.78 is 26.8. The first-order valence-electron chi connectivity index (χ1n) is 4.22. The van der Waals surface area contributed by atoms with Crippen LogP contribution in [-0.2, 0) is 0 Å². The molecule has 0 aliphatic carbocycles. The first-order chi connectivity index (χ1) is 7.02. The Bertz CT molecular complexity index is 448. The van der Waals surface area contributed by atoms with Crippen LogP contribution in [0.25, 0.3) is 0 Å². The number of halogens is 2. The van der Waals surface area contributed by atoms with Crippen molar-refractivity contribution in [1.82, 2.24) is 0 Å². The lowest BCUT2D eigenvalue weighted by molar-refractivity contribution is 0.0686. The Morgan fingerprint density at radius 1 is 1.60 bits per heavy atom. The number of carbonyl (C=O) groups is 1. The number of nitrogens with zero attached hydrogens (tertiary/aromatic N) is 1. The van der Waals surface area contributed by atoms with Crippen LogP contribution in [0.2, 0.25) is 0 Å². The van der Waals surface area contributed by atoms with Crippen molar-refractivity contribution in [2.75, 3.05) is 23.9 Å². The lowest BCUT2D eigenvalue weighted by atomic mass is 10.1. The molecule has 0 atom stereocenters. The summed E-state index contributed by atoms with van der Waals surface area (Å²) in [5.41, 5.74) is -0.553. The Morgan fingerprint density at radius 2 is 2.27 bits per heavy atom. The van der Waals surface area contributed by atoms with Crippen molar-refractivity contribution in [3.8, 4) is 0 Å². The highest BCUT2D eigenvalue weighted by Gasteiger charge is 2.27. The average molecular weight is 214 g/mol. The molecule has 0 radical (unpaired) electrons. The number of carboxylic acids is 1. The number of rotatable bonds is 1. The summed E-state index contributed by atoms with van der Waals surface area (Å²) in [6, 6.07) is 1.02. The summed E-state index contributed by atoms with van der Waals surface area (Å²) in [5.74, 6) is -3.72. The summed E-state index contributed by atoms with van der Waals surface area (Å²) in [5, 5.41) is 11.3. The normalized spacial score (nSPS) is 13.7. The SMILES string of the molecule is CN1CNc2c1cc(F)c(C(=O)O)c2F. The van der Waals surface area contributed by atoms with Crippen LogP contribution < -0.4 is 10.2 Å². The van der Waals surface area contributed by atoms with Crippen molar-refractivity contribution >= 4 is 17.3 Å². The summed E-state index contributed by atoms with van der Waals surface area (Å²) >= 11 is 0. The fraction of sp³-hybridized carbons (Fsp3) is 0.222. The molecule has 4 nitrogen and oxygen atoms in total. The van der Waals surface area contributed by atoms with E-state index in [0.29, 0.717) is 12.4 Å². The van der Waals surface area contributed by atoms with Crippen LogP contribution in [-0.4, -0.2) is 24.8 Å². The van der Waals surface area contributed by atoms with Gasteiger partial charge in [0.1, 0.15) is 11.4 Å². The second-order valence-electron chi connectivity index (χ2n) is 3.28. The zero-order valence-corrected chi connectivity index (χ0v) is 7.84. The Hall–Kier alpha value is -1.85. The summed E-state index contributed by atoms with van der Waals surface area (Å²) in [4.78, 5) is 12.2. The molecular weight excluding hydrogens is 206 g/mol. The van der Waals surface area contributed by atoms with Crippen molar-refractivity contribution in [2.45, 2.75) is 0 Å². The summed E-state index contributed by atoms with van der Waals surface area (Å²) in [6.45, 7) is 0.328. The first-order valence-corrected chi connectivity index (χ1v) is 4.22. The molecule has 0 amide bonds. The molecule has 1 aliphatic rings. The van der Waals surface area contributed by atoms with Crippen LogP contribution in [0.3, 0.4) is 0 Å². The van der Waals surface area contributed by atoms with Crippen LogP contribution >= 0.6 is 0 Å². The molecule has 1 aromatic rings. The number of nitrogens with one attached hydrogen (secondary N) is 1. The largest absolute Gasteiger partial charge is 0.477 e. The number of anilines is 2. The summed E-state index contributed by atoms with van der Waals surface area (Å²) in [6.07, 6.45) is 0. The van der Waals surface area contributed by atoms with E-state index in [0.717, 1.165) is 6.07 Å². The smallest absolute Gasteiger partial charge is 0.341 e. The van der Waals surface area contributed by atoms with E-state index in [1.165, 1.54) is 0 Å². The van der Waals surface area contributed by atoms with E-state index < -0.39 is 23.2 Å². The van der Waals surface area contributed by atoms with Gasteiger partial charge in [-0.25, -0.2) is 13.6 Å². The number of benzene rings is 1. The average Bonchev–Trinajstić information content (AvgIpc) is 2.47. The summed E-state index contributed by atoms with van der Waals surface area (Å²) in [7, 11) is 1.65. The third-order valence-corrected chi connectivity index (χ3v) is 2.32. The molecule has 2 N–H and O–H groups in total. The molecule has 1 aliphatic heterocycles. The fourth-order valence-electron chi connectivity index (χ4n) is 1.55. The van der Waals surface area contributed by atoms with E-state index >= 15 is 0 Å². The van der Waals surface area contributed by atoms with Crippen molar-refractivity contribution in [3.05, 3.63) is 23.3 Å². The molecule has 0 spiro atoms. The molecule has 0 bridgehead atoms. The van der Waals surface area contributed by atoms with Crippen molar-refractivity contribution in [2.24, 2.45) is 0 Å². The lowest BCUT2D eigenvalue weighted by Gasteiger charge is -2.10. The molecule has 0 unspecified atom stereocenters. The number of hydrogen-bond acceptors (Lipinski definition) is 3. The minimum atomic E-state index is -1.61. The van der Waals surface area contributed by atoms with Crippen molar-refractivity contribution in [3.63, 3.8) is 0 Å². The van der Waals surface area contributed by atoms with Gasteiger partial charge in [-0.2, -0.15) is 0 Å². The van der Waals surface area contributed by atoms with Crippen LogP contribution in [0.5, 0.6) is 0 Å². The monoisotopic (exact) mass is 214 g/mol. The van der Waals surface area contributed by atoms with Gasteiger partial charge < -0.3 is 15.3 Å². The number of aromatic carboxylic acids is 1. The van der Waals surface area contributed by atoms with Gasteiger partial charge in [0.15, 0.2) is 5.82 Å². The van der Waals surface area contributed by atoms with E-state index in [1.54, 1.807) is 11.9 Å².